The Hall–Kier alpha value is -0.740. The molecule has 0 aliphatic heterocycles. The average molecular weight is 162 g/mol. The predicted molar refractivity (Wildman–Crippen MR) is 40.1 cm³/mol. The zero-order valence-corrected chi connectivity index (χ0v) is 7.00. The maximum Gasteiger partial charge on any atom is 0.157 e. The Kier molecular flexibility index (Phi) is 8.64. The van der Waals surface area contributed by atoms with Gasteiger partial charge in [0, 0.05) is 0 Å². The highest BCUT2D eigenvalue weighted by atomic mass is 16.3. The zero-order chi connectivity index (χ0) is 9.44. The van der Waals surface area contributed by atoms with Gasteiger partial charge in [-0.1, -0.05) is 0 Å². The molecule has 0 aromatic rings. The fraction of sp³-hybridized carbons (Fsp3) is 0.714. The first-order chi connectivity index (χ1) is 4.91. The van der Waals surface area contributed by atoms with Crippen molar-refractivity contribution in [3.05, 3.63) is 0 Å². The average Bonchev–Trinajstić information content (AvgIpc) is 1.89. The molecule has 0 bridgehead atoms. The molecule has 0 fully saturated rings. The van der Waals surface area contributed by atoms with Crippen molar-refractivity contribution in [2.24, 2.45) is 0 Å². The Bertz CT molecular complexity index is 128. The Balaban J connectivity index is 0. The summed E-state index contributed by atoms with van der Waals surface area (Å²) in [5.41, 5.74) is 0. The third kappa shape index (κ3) is 17.6. The molecule has 2 N–H and O–H groups in total. The standard InChI is InChI=1S/C4H8O2.C3H6O2/c1-3(5)4(2)6;1-3(5)2-4/h3,5H,1-2H3;4H,2H2,1H3. The maximum absolute atomic E-state index is 9.89. The monoisotopic (exact) mass is 162 g/mol. The molecule has 0 aromatic heterocycles. The van der Waals surface area contributed by atoms with E-state index < -0.39 is 6.10 Å². The van der Waals surface area contributed by atoms with Crippen LogP contribution in [0.1, 0.15) is 20.8 Å². The van der Waals surface area contributed by atoms with Crippen LogP contribution in [0.25, 0.3) is 0 Å². The van der Waals surface area contributed by atoms with Crippen molar-refractivity contribution in [3.63, 3.8) is 0 Å². The van der Waals surface area contributed by atoms with Gasteiger partial charge in [-0.25, -0.2) is 0 Å². The summed E-state index contributed by atoms with van der Waals surface area (Å²) in [7, 11) is 0. The highest BCUT2D eigenvalue weighted by Gasteiger charge is 1.97. The molecule has 1 unspecified atom stereocenters. The van der Waals surface area contributed by atoms with Gasteiger partial charge in [0.05, 0.1) is 0 Å². The minimum atomic E-state index is -0.787. The number of carbonyl (C=O) groups excluding carboxylic acids is 2. The van der Waals surface area contributed by atoms with Gasteiger partial charge in [0.25, 0.3) is 0 Å². The molecular formula is C7H14O4. The van der Waals surface area contributed by atoms with Crippen LogP contribution in [0, 0.1) is 0 Å². The molecule has 0 amide bonds. The molecule has 0 saturated carbocycles. The first kappa shape index (κ1) is 12.9. The van der Waals surface area contributed by atoms with Crippen LogP contribution in [0.5, 0.6) is 0 Å². The van der Waals surface area contributed by atoms with E-state index in [1.807, 2.05) is 0 Å². The zero-order valence-electron chi connectivity index (χ0n) is 7.00. The fourth-order valence-electron chi connectivity index (χ4n) is 0. The second kappa shape index (κ2) is 7.37. The van der Waals surface area contributed by atoms with Crippen LogP contribution in [0.2, 0.25) is 0 Å². The molecular weight excluding hydrogens is 148 g/mol. The topological polar surface area (TPSA) is 74.6 Å². The molecule has 11 heavy (non-hydrogen) atoms. The van der Waals surface area contributed by atoms with Crippen molar-refractivity contribution in [1.82, 2.24) is 0 Å². The van der Waals surface area contributed by atoms with Gasteiger partial charge in [0.1, 0.15) is 12.7 Å². The normalized spacial score (nSPS) is 11.0. The fourth-order valence-corrected chi connectivity index (χ4v) is 0. The largest absolute Gasteiger partial charge is 0.389 e. The summed E-state index contributed by atoms with van der Waals surface area (Å²) in [4.78, 5) is 19.5. The SMILES string of the molecule is CC(=O)C(C)O.CC(=O)CO. The lowest BCUT2D eigenvalue weighted by atomic mass is 10.3. The maximum atomic E-state index is 9.89. The molecule has 0 aromatic carbocycles. The number of aliphatic hydroxyl groups is 2. The molecule has 4 heteroatoms. The number of rotatable bonds is 2. The number of hydrogen-bond acceptors (Lipinski definition) is 4. The van der Waals surface area contributed by atoms with E-state index in [1.165, 1.54) is 20.8 Å². The van der Waals surface area contributed by atoms with Crippen LogP contribution in [-0.2, 0) is 9.59 Å². The number of Topliss-reactive ketones (excluding diaryl/α,β-unsaturated/α-hetero) is 2. The first-order valence-corrected chi connectivity index (χ1v) is 3.20. The summed E-state index contributed by atoms with van der Waals surface area (Å²) in [6.07, 6.45) is -0.787. The van der Waals surface area contributed by atoms with Crippen molar-refractivity contribution in [2.45, 2.75) is 26.9 Å². The molecule has 1 atom stereocenters. The minimum Gasteiger partial charge on any atom is -0.389 e. The van der Waals surface area contributed by atoms with E-state index in [0.29, 0.717) is 0 Å². The van der Waals surface area contributed by atoms with Gasteiger partial charge in [-0.2, -0.15) is 0 Å². The Morgan fingerprint density at radius 3 is 1.55 bits per heavy atom. The summed E-state index contributed by atoms with van der Waals surface area (Å²) in [5.74, 6) is -0.375. The molecule has 0 spiro atoms. The van der Waals surface area contributed by atoms with Crippen molar-refractivity contribution in [1.29, 1.82) is 0 Å². The second-order valence-corrected chi connectivity index (χ2v) is 2.15. The second-order valence-electron chi connectivity index (χ2n) is 2.15. The first-order valence-electron chi connectivity index (χ1n) is 3.20. The van der Waals surface area contributed by atoms with E-state index in [9.17, 15) is 9.59 Å². The molecule has 0 heterocycles. The predicted octanol–water partition coefficient (Wildman–Crippen LogP) is -0.476. The third-order valence-corrected chi connectivity index (χ3v) is 0.811. The van der Waals surface area contributed by atoms with Gasteiger partial charge in [0.15, 0.2) is 11.6 Å². The molecule has 0 aliphatic carbocycles. The smallest absolute Gasteiger partial charge is 0.157 e. The Labute approximate surface area is 65.8 Å². The van der Waals surface area contributed by atoms with Crippen molar-refractivity contribution >= 4 is 11.6 Å². The van der Waals surface area contributed by atoms with Gasteiger partial charge in [-0.15, -0.1) is 0 Å². The molecule has 0 aliphatic rings. The minimum absolute atomic E-state index is 0.185. The molecule has 4 nitrogen and oxygen atoms in total. The van der Waals surface area contributed by atoms with Crippen molar-refractivity contribution in [2.75, 3.05) is 6.61 Å². The third-order valence-electron chi connectivity index (χ3n) is 0.811. The summed E-state index contributed by atoms with van der Waals surface area (Å²) >= 11 is 0. The summed E-state index contributed by atoms with van der Waals surface area (Å²) in [5, 5.41) is 16.1. The summed E-state index contributed by atoms with van der Waals surface area (Å²) in [6.45, 7) is 3.80. The molecule has 66 valence electrons. The quantitative estimate of drug-likeness (QED) is 0.575. The van der Waals surface area contributed by atoms with E-state index in [-0.39, 0.29) is 18.2 Å². The van der Waals surface area contributed by atoms with Crippen molar-refractivity contribution in [3.8, 4) is 0 Å². The van der Waals surface area contributed by atoms with E-state index in [0.717, 1.165) is 0 Å². The summed E-state index contributed by atoms with van der Waals surface area (Å²) < 4.78 is 0. The molecule has 0 rings (SSSR count). The van der Waals surface area contributed by atoms with Gasteiger partial charge in [0.2, 0.25) is 0 Å². The van der Waals surface area contributed by atoms with Crippen LogP contribution in [0.4, 0.5) is 0 Å². The number of hydrogen-bond donors (Lipinski definition) is 2. The number of carbonyl (C=O) groups is 2. The van der Waals surface area contributed by atoms with E-state index in [2.05, 4.69) is 0 Å². The van der Waals surface area contributed by atoms with Crippen LogP contribution in [0.3, 0.4) is 0 Å². The lowest BCUT2D eigenvalue weighted by Gasteiger charge is -1.90. The van der Waals surface area contributed by atoms with Gasteiger partial charge in [-0.05, 0) is 20.8 Å². The van der Waals surface area contributed by atoms with Gasteiger partial charge >= 0.3 is 0 Å². The lowest BCUT2D eigenvalue weighted by molar-refractivity contribution is -0.124. The van der Waals surface area contributed by atoms with E-state index in [4.69, 9.17) is 10.2 Å². The van der Waals surface area contributed by atoms with E-state index >= 15 is 0 Å². The number of ketones is 2. The lowest BCUT2D eigenvalue weighted by Crippen LogP contribution is -2.10. The van der Waals surface area contributed by atoms with Gasteiger partial charge in [-0.3, -0.25) is 9.59 Å². The summed E-state index contributed by atoms with van der Waals surface area (Å²) in [6, 6.07) is 0. The highest BCUT2D eigenvalue weighted by Crippen LogP contribution is 1.76. The van der Waals surface area contributed by atoms with Crippen LogP contribution in [0.15, 0.2) is 0 Å². The van der Waals surface area contributed by atoms with Crippen LogP contribution < -0.4 is 0 Å². The van der Waals surface area contributed by atoms with E-state index in [1.54, 1.807) is 0 Å². The Morgan fingerprint density at radius 2 is 1.55 bits per heavy atom. The number of aliphatic hydroxyl groups excluding tert-OH is 2. The van der Waals surface area contributed by atoms with Gasteiger partial charge < -0.3 is 10.2 Å². The highest BCUT2D eigenvalue weighted by molar-refractivity contribution is 5.79. The van der Waals surface area contributed by atoms with Crippen molar-refractivity contribution < 1.29 is 19.8 Å². The molecule has 0 saturated heterocycles. The molecule has 0 radical (unpaired) electrons. The Morgan fingerprint density at radius 1 is 1.36 bits per heavy atom. The van der Waals surface area contributed by atoms with Crippen LogP contribution in [-0.4, -0.2) is 34.5 Å². The van der Waals surface area contributed by atoms with Crippen LogP contribution >= 0.6 is 0 Å².